The average Bonchev–Trinajstić information content (AvgIpc) is 2.82. The molecule has 1 aromatic heterocycles. The first-order valence-electron chi connectivity index (χ1n) is 5.75. The molecule has 1 heterocycles. The van der Waals surface area contributed by atoms with E-state index in [1.807, 2.05) is 25.2 Å². The van der Waals surface area contributed by atoms with Crippen molar-refractivity contribution in [3.8, 4) is 0 Å². The molecule has 0 spiro atoms. The standard InChI is InChI=1S/C13H13BrN2O2S/c1-15-11(10-7-13(14)19-8-10)6-9-4-2-3-5-12(9)16(17)18/h2-5,7-8,11,15H,6H2,1H3. The number of rotatable bonds is 5. The third-order valence-electron chi connectivity index (χ3n) is 2.95. The second kappa shape index (κ2) is 6.27. The quantitative estimate of drug-likeness (QED) is 0.662. The summed E-state index contributed by atoms with van der Waals surface area (Å²) in [5.41, 5.74) is 2.06. The minimum atomic E-state index is -0.328. The molecule has 0 amide bonds. The van der Waals surface area contributed by atoms with Gasteiger partial charge in [-0.3, -0.25) is 10.1 Å². The van der Waals surface area contributed by atoms with E-state index in [1.165, 1.54) is 0 Å². The molecule has 0 radical (unpaired) electrons. The summed E-state index contributed by atoms with van der Waals surface area (Å²) in [7, 11) is 1.87. The molecule has 0 fully saturated rings. The fourth-order valence-electron chi connectivity index (χ4n) is 1.97. The molecular formula is C13H13BrN2O2S. The van der Waals surface area contributed by atoms with Gasteiger partial charge in [0.05, 0.1) is 8.71 Å². The number of thiophene rings is 1. The number of likely N-dealkylation sites (N-methyl/N-ethyl adjacent to an activating group) is 1. The Morgan fingerprint density at radius 2 is 2.21 bits per heavy atom. The Hall–Kier alpha value is -1.24. The molecule has 1 atom stereocenters. The van der Waals surface area contributed by atoms with Crippen LogP contribution in [0.25, 0.3) is 0 Å². The topological polar surface area (TPSA) is 55.2 Å². The van der Waals surface area contributed by atoms with Gasteiger partial charge in [0.15, 0.2) is 0 Å². The van der Waals surface area contributed by atoms with Crippen LogP contribution < -0.4 is 5.32 Å². The maximum atomic E-state index is 11.0. The van der Waals surface area contributed by atoms with Gasteiger partial charge in [0.1, 0.15) is 0 Å². The van der Waals surface area contributed by atoms with Gasteiger partial charge in [-0.2, -0.15) is 0 Å². The summed E-state index contributed by atoms with van der Waals surface area (Å²) >= 11 is 5.05. The highest BCUT2D eigenvalue weighted by Gasteiger charge is 2.18. The minimum absolute atomic E-state index is 0.0728. The third kappa shape index (κ3) is 3.40. The molecule has 6 heteroatoms. The maximum absolute atomic E-state index is 11.0. The number of nitro benzene ring substituents is 1. The monoisotopic (exact) mass is 340 g/mol. The summed E-state index contributed by atoms with van der Waals surface area (Å²) in [6, 6.07) is 9.00. The van der Waals surface area contributed by atoms with Crippen molar-refractivity contribution in [2.45, 2.75) is 12.5 Å². The molecule has 1 unspecified atom stereocenters. The molecule has 1 aromatic carbocycles. The number of halogens is 1. The Bertz CT molecular complexity index is 586. The van der Waals surface area contributed by atoms with Gasteiger partial charge in [-0.15, -0.1) is 11.3 Å². The van der Waals surface area contributed by atoms with E-state index < -0.39 is 0 Å². The fourth-order valence-corrected chi connectivity index (χ4v) is 3.20. The highest BCUT2D eigenvalue weighted by molar-refractivity contribution is 9.11. The van der Waals surface area contributed by atoms with Crippen molar-refractivity contribution in [3.63, 3.8) is 0 Å². The zero-order valence-electron chi connectivity index (χ0n) is 10.3. The zero-order valence-corrected chi connectivity index (χ0v) is 12.7. The van der Waals surface area contributed by atoms with Crippen LogP contribution in [0.15, 0.2) is 39.5 Å². The zero-order chi connectivity index (χ0) is 13.8. The summed E-state index contributed by atoms with van der Waals surface area (Å²) in [5, 5.41) is 16.3. The first-order chi connectivity index (χ1) is 9.11. The van der Waals surface area contributed by atoms with Crippen molar-refractivity contribution in [1.82, 2.24) is 5.32 Å². The van der Waals surface area contributed by atoms with E-state index in [0.717, 1.165) is 14.9 Å². The number of nitrogens with one attached hydrogen (secondary N) is 1. The average molecular weight is 341 g/mol. The van der Waals surface area contributed by atoms with Crippen molar-refractivity contribution in [1.29, 1.82) is 0 Å². The number of nitrogens with zero attached hydrogens (tertiary/aromatic N) is 1. The Morgan fingerprint density at radius 1 is 1.47 bits per heavy atom. The van der Waals surface area contributed by atoms with Gasteiger partial charge in [0, 0.05) is 17.7 Å². The lowest BCUT2D eigenvalue weighted by atomic mass is 10.00. The summed E-state index contributed by atoms with van der Waals surface area (Å²) in [6.07, 6.45) is 0.594. The summed E-state index contributed by atoms with van der Waals surface area (Å²) < 4.78 is 1.06. The van der Waals surface area contributed by atoms with Crippen LogP contribution in [0.3, 0.4) is 0 Å². The van der Waals surface area contributed by atoms with Crippen molar-refractivity contribution >= 4 is 33.0 Å². The highest BCUT2D eigenvalue weighted by Crippen LogP contribution is 2.29. The van der Waals surface area contributed by atoms with E-state index in [4.69, 9.17) is 0 Å². The molecule has 19 heavy (non-hydrogen) atoms. The molecule has 2 rings (SSSR count). The van der Waals surface area contributed by atoms with Crippen LogP contribution in [0.5, 0.6) is 0 Å². The van der Waals surface area contributed by atoms with Crippen molar-refractivity contribution in [3.05, 3.63) is 60.7 Å². The lowest BCUT2D eigenvalue weighted by Crippen LogP contribution is -2.18. The largest absolute Gasteiger partial charge is 0.313 e. The van der Waals surface area contributed by atoms with Crippen molar-refractivity contribution in [2.24, 2.45) is 0 Å². The van der Waals surface area contributed by atoms with Gasteiger partial charge < -0.3 is 5.32 Å². The van der Waals surface area contributed by atoms with Gasteiger partial charge >= 0.3 is 0 Å². The van der Waals surface area contributed by atoms with Crippen LogP contribution in [-0.4, -0.2) is 12.0 Å². The van der Waals surface area contributed by atoms with Crippen molar-refractivity contribution in [2.75, 3.05) is 7.05 Å². The van der Waals surface area contributed by atoms with Gasteiger partial charge in [0.2, 0.25) is 0 Å². The lowest BCUT2D eigenvalue weighted by Gasteiger charge is -2.14. The van der Waals surface area contributed by atoms with Crippen LogP contribution in [0.4, 0.5) is 5.69 Å². The SMILES string of the molecule is CNC(Cc1ccccc1[N+](=O)[O-])c1csc(Br)c1. The Kier molecular flexibility index (Phi) is 4.68. The summed E-state index contributed by atoms with van der Waals surface area (Å²) in [6.45, 7) is 0. The van der Waals surface area contributed by atoms with Crippen LogP contribution in [0.1, 0.15) is 17.2 Å². The number of para-hydroxylation sites is 1. The van der Waals surface area contributed by atoms with Crippen LogP contribution in [-0.2, 0) is 6.42 Å². The van der Waals surface area contributed by atoms with E-state index in [0.29, 0.717) is 6.42 Å². The van der Waals surface area contributed by atoms with Crippen LogP contribution >= 0.6 is 27.3 Å². The number of nitro groups is 1. The summed E-state index contributed by atoms with van der Waals surface area (Å²) in [4.78, 5) is 10.7. The molecule has 2 aromatic rings. The van der Waals surface area contributed by atoms with Gasteiger partial charge in [-0.25, -0.2) is 0 Å². The Labute approximate surface area is 123 Å². The van der Waals surface area contributed by atoms with E-state index in [1.54, 1.807) is 23.5 Å². The molecule has 0 saturated carbocycles. The Balaban J connectivity index is 2.26. The Morgan fingerprint density at radius 3 is 2.79 bits per heavy atom. The van der Waals surface area contributed by atoms with E-state index in [9.17, 15) is 10.1 Å². The second-order valence-electron chi connectivity index (χ2n) is 4.12. The van der Waals surface area contributed by atoms with Crippen LogP contribution in [0.2, 0.25) is 0 Å². The predicted octanol–water partition coefficient (Wildman–Crippen LogP) is 3.92. The third-order valence-corrected chi connectivity index (χ3v) is 4.47. The molecule has 1 N–H and O–H groups in total. The molecular weight excluding hydrogens is 328 g/mol. The van der Waals surface area contributed by atoms with Gasteiger partial charge in [-0.1, -0.05) is 18.2 Å². The highest BCUT2D eigenvalue weighted by atomic mass is 79.9. The summed E-state index contributed by atoms with van der Waals surface area (Å²) in [5.74, 6) is 0. The smallest absolute Gasteiger partial charge is 0.272 e. The number of hydrogen-bond donors (Lipinski definition) is 1. The molecule has 0 aliphatic heterocycles. The van der Waals surface area contributed by atoms with E-state index >= 15 is 0 Å². The molecule has 4 nitrogen and oxygen atoms in total. The molecule has 0 aliphatic rings. The molecule has 100 valence electrons. The number of benzene rings is 1. The number of hydrogen-bond acceptors (Lipinski definition) is 4. The minimum Gasteiger partial charge on any atom is -0.313 e. The molecule has 0 bridgehead atoms. The van der Waals surface area contributed by atoms with E-state index in [-0.39, 0.29) is 16.7 Å². The van der Waals surface area contributed by atoms with Gasteiger partial charge in [0.25, 0.3) is 5.69 Å². The fraction of sp³-hybridized carbons (Fsp3) is 0.231. The van der Waals surface area contributed by atoms with E-state index in [2.05, 4.69) is 26.6 Å². The molecule has 0 saturated heterocycles. The molecule has 0 aliphatic carbocycles. The van der Waals surface area contributed by atoms with Crippen LogP contribution in [0, 0.1) is 10.1 Å². The second-order valence-corrected chi connectivity index (χ2v) is 6.41. The maximum Gasteiger partial charge on any atom is 0.272 e. The predicted molar refractivity (Wildman–Crippen MR) is 80.6 cm³/mol. The van der Waals surface area contributed by atoms with Crippen molar-refractivity contribution < 1.29 is 4.92 Å². The lowest BCUT2D eigenvalue weighted by molar-refractivity contribution is -0.385. The first-order valence-corrected chi connectivity index (χ1v) is 7.42. The first kappa shape index (κ1) is 14.2. The normalized spacial score (nSPS) is 12.3. The van der Waals surface area contributed by atoms with Gasteiger partial charge in [-0.05, 0) is 46.4 Å².